The molecule has 1 aliphatic rings. The lowest BCUT2D eigenvalue weighted by atomic mass is 10.1. The summed E-state index contributed by atoms with van der Waals surface area (Å²) in [6, 6.07) is 7.87. The van der Waals surface area contributed by atoms with Gasteiger partial charge < -0.3 is 26.0 Å². The van der Waals surface area contributed by atoms with Gasteiger partial charge in [-0.3, -0.25) is 4.90 Å². The zero-order valence-electron chi connectivity index (χ0n) is 12.6. The van der Waals surface area contributed by atoms with Crippen LogP contribution in [0.3, 0.4) is 0 Å². The molecule has 122 valence electrons. The molecule has 0 unspecified atom stereocenters. The maximum absolute atomic E-state index is 11.2. The van der Waals surface area contributed by atoms with E-state index in [1.165, 1.54) is 0 Å². The van der Waals surface area contributed by atoms with Crippen LogP contribution in [0.25, 0.3) is 0 Å². The summed E-state index contributed by atoms with van der Waals surface area (Å²) in [5.41, 5.74) is 5.21. The van der Waals surface area contributed by atoms with Gasteiger partial charge in [0.1, 0.15) is 18.0 Å². The number of nitrogens with zero attached hydrogens (tertiary/aromatic N) is 1. The van der Waals surface area contributed by atoms with Crippen LogP contribution in [0, 0.1) is 0 Å². The fourth-order valence-electron chi connectivity index (χ4n) is 2.98. The molecular weight excluding hydrogens is 286 g/mol. The quantitative estimate of drug-likeness (QED) is 0.568. The normalized spacial score (nSPS) is 27.8. The Labute approximate surface area is 129 Å². The number of likely N-dealkylation sites (N-methyl/N-ethyl adjacent to an activating group) is 1. The number of benzene rings is 1. The van der Waals surface area contributed by atoms with Gasteiger partial charge in [0.15, 0.2) is 0 Å². The largest absolute Gasteiger partial charge is 0.488 e. The van der Waals surface area contributed by atoms with Crippen LogP contribution < -0.4 is 15.8 Å². The third-order valence-electron chi connectivity index (χ3n) is 3.95. The number of carbonyl (C=O) groups is 1. The Morgan fingerprint density at radius 1 is 1.45 bits per heavy atom. The Morgan fingerprint density at radius 2 is 2.14 bits per heavy atom. The average molecular weight is 309 g/mol. The number of amides is 2. The van der Waals surface area contributed by atoms with Crippen molar-refractivity contribution in [3.05, 3.63) is 30.3 Å². The Bertz CT molecular complexity index is 485. The number of nitrogens with two attached hydrogens (primary N) is 1. The monoisotopic (exact) mass is 309 g/mol. The second-order valence-corrected chi connectivity index (χ2v) is 5.51. The summed E-state index contributed by atoms with van der Waals surface area (Å²) in [6.07, 6.45) is -0.807. The van der Waals surface area contributed by atoms with Crippen molar-refractivity contribution in [2.24, 2.45) is 5.73 Å². The molecule has 1 aliphatic carbocycles. The molecule has 1 aromatic carbocycles. The lowest BCUT2D eigenvalue weighted by molar-refractivity contribution is 0.0113. The molecule has 0 heterocycles. The Balaban J connectivity index is 2.11. The topological polar surface area (TPSA) is 108 Å². The smallest absolute Gasteiger partial charge is 0.312 e. The SMILES string of the molecule is CN(CCO)[C@@H]1[C@@H](O)[C@H](Oc2ccccc2)C[C@H]1NC(N)=O. The van der Waals surface area contributed by atoms with Crippen molar-refractivity contribution < 1.29 is 19.7 Å². The molecule has 5 N–H and O–H groups in total. The maximum Gasteiger partial charge on any atom is 0.312 e. The van der Waals surface area contributed by atoms with Gasteiger partial charge in [-0.15, -0.1) is 0 Å². The van der Waals surface area contributed by atoms with Crippen LogP contribution in [0.4, 0.5) is 4.79 Å². The Hall–Kier alpha value is -1.83. The number of aliphatic hydroxyl groups is 2. The zero-order valence-corrected chi connectivity index (χ0v) is 12.6. The third-order valence-corrected chi connectivity index (χ3v) is 3.95. The zero-order chi connectivity index (χ0) is 16.1. The van der Waals surface area contributed by atoms with Gasteiger partial charge in [-0.25, -0.2) is 4.79 Å². The summed E-state index contributed by atoms with van der Waals surface area (Å²) in [4.78, 5) is 13.0. The van der Waals surface area contributed by atoms with Gasteiger partial charge in [-0.2, -0.15) is 0 Å². The molecule has 7 heteroatoms. The summed E-state index contributed by atoms with van der Waals surface area (Å²) < 4.78 is 5.83. The number of carbonyl (C=O) groups excluding carboxylic acids is 1. The number of hydrogen-bond acceptors (Lipinski definition) is 5. The molecule has 0 aliphatic heterocycles. The number of nitrogens with one attached hydrogen (secondary N) is 1. The number of aliphatic hydroxyl groups excluding tert-OH is 2. The number of primary amides is 1. The van der Waals surface area contributed by atoms with Crippen LogP contribution in [0.5, 0.6) is 5.75 Å². The van der Waals surface area contributed by atoms with E-state index in [2.05, 4.69) is 5.32 Å². The minimum Gasteiger partial charge on any atom is -0.488 e. The number of para-hydroxylation sites is 1. The van der Waals surface area contributed by atoms with Gasteiger partial charge in [0.05, 0.1) is 18.7 Å². The first kappa shape index (κ1) is 16.5. The van der Waals surface area contributed by atoms with Crippen LogP contribution >= 0.6 is 0 Å². The molecular formula is C15H23N3O4. The number of urea groups is 1. The van der Waals surface area contributed by atoms with Gasteiger partial charge in [0.2, 0.25) is 0 Å². The number of rotatable bonds is 6. The summed E-state index contributed by atoms with van der Waals surface area (Å²) in [5, 5.41) is 22.3. The minimum absolute atomic E-state index is 0.0345. The average Bonchev–Trinajstić information content (AvgIpc) is 2.75. The second-order valence-electron chi connectivity index (χ2n) is 5.51. The summed E-state index contributed by atoms with van der Waals surface area (Å²) in [6.45, 7) is 0.351. The van der Waals surface area contributed by atoms with Crippen LogP contribution in [0.15, 0.2) is 30.3 Å². The van der Waals surface area contributed by atoms with Crippen molar-refractivity contribution in [3.8, 4) is 5.75 Å². The number of hydrogen-bond donors (Lipinski definition) is 4. The predicted octanol–water partition coefficient (Wildman–Crippen LogP) is -0.472. The molecule has 2 amide bonds. The van der Waals surface area contributed by atoms with Gasteiger partial charge in [-0.05, 0) is 19.2 Å². The van der Waals surface area contributed by atoms with E-state index in [1.54, 1.807) is 11.9 Å². The van der Waals surface area contributed by atoms with Gasteiger partial charge in [0, 0.05) is 13.0 Å². The van der Waals surface area contributed by atoms with E-state index in [4.69, 9.17) is 15.6 Å². The fourth-order valence-corrected chi connectivity index (χ4v) is 2.98. The van der Waals surface area contributed by atoms with E-state index in [-0.39, 0.29) is 18.7 Å². The predicted molar refractivity (Wildman–Crippen MR) is 81.5 cm³/mol. The van der Waals surface area contributed by atoms with Crippen molar-refractivity contribution in [2.75, 3.05) is 20.2 Å². The lowest BCUT2D eigenvalue weighted by Gasteiger charge is -2.31. The first-order valence-electron chi connectivity index (χ1n) is 7.29. The highest BCUT2D eigenvalue weighted by Crippen LogP contribution is 2.28. The summed E-state index contributed by atoms with van der Waals surface area (Å²) >= 11 is 0. The molecule has 0 bridgehead atoms. The van der Waals surface area contributed by atoms with E-state index in [9.17, 15) is 9.90 Å². The Kier molecular flexibility index (Phi) is 5.59. The molecule has 22 heavy (non-hydrogen) atoms. The van der Waals surface area contributed by atoms with E-state index in [0.717, 1.165) is 0 Å². The standard InChI is InChI=1S/C15H23N3O4/c1-18(7-8-19)13-11(17-15(16)21)9-12(14(13)20)22-10-5-3-2-4-6-10/h2-6,11-14,19-20H,7-9H2,1H3,(H3,16,17,21)/t11-,12-,13+,14+/m1/s1. The van der Waals surface area contributed by atoms with Crippen molar-refractivity contribution >= 4 is 6.03 Å². The minimum atomic E-state index is -0.798. The van der Waals surface area contributed by atoms with Crippen molar-refractivity contribution in [1.29, 1.82) is 0 Å². The molecule has 1 fully saturated rings. The molecule has 0 spiro atoms. The molecule has 1 saturated carbocycles. The van der Waals surface area contributed by atoms with Crippen LogP contribution in [-0.4, -0.2) is 65.6 Å². The fraction of sp³-hybridized carbons (Fsp3) is 0.533. The Morgan fingerprint density at radius 3 is 2.73 bits per heavy atom. The van der Waals surface area contributed by atoms with E-state index < -0.39 is 18.2 Å². The first-order chi connectivity index (χ1) is 10.5. The van der Waals surface area contributed by atoms with Crippen molar-refractivity contribution in [1.82, 2.24) is 10.2 Å². The number of ether oxygens (including phenoxy) is 1. The molecule has 2 rings (SSSR count). The van der Waals surface area contributed by atoms with Crippen LogP contribution in [-0.2, 0) is 0 Å². The maximum atomic E-state index is 11.2. The van der Waals surface area contributed by atoms with Crippen LogP contribution in [0.2, 0.25) is 0 Å². The molecule has 0 radical (unpaired) electrons. The van der Waals surface area contributed by atoms with Crippen molar-refractivity contribution in [3.63, 3.8) is 0 Å². The molecule has 1 aromatic rings. The van der Waals surface area contributed by atoms with E-state index in [1.807, 2.05) is 30.3 Å². The van der Waals surface area contributed by atoms with Crippen LogP contribution in [0.1, 0.15) is 6.42 Å². The molecule has 0 saturated heterocycles. The first-order valence-corrected chi connectivity index (χ1v) is 7.29. The molecule has 0 aromatic heterocycles. The third kappa shape index (κ3) is 3.88. The van der Waals surface area contributed by atoms with Gasteiger partial charge in [-0.1, -0.05) is 18.2 Å². The highest BCUT2D eigenvalue weighted by molar-refractivity contribution is 5.72. The van der Waals surface area contributed by atoms with E-state index in [0.29, 0.717) is 18.7 Å². The van der Waals surface area contributed by atoms with Gasteiger partial charge in [0.25, 0.3) is 0 Å². The van der Waals surface area contributed by atoms with E-state index >= 15 is 0 Å². The lowest BCUT2D eigenvalue weighted by Crippen LogP contribution is -2.53. The second kappa shape index (κ2) is 7.44. The highest BCUT2D eigenvalue weighted by Gasteiger charge is 2.46. The molecule has 7 nitrogen and oxygen atoms in total. The van der Waals surface area contributed by atoms with Gasteiger partial charge >= 0.3 is 6.03 Å². The van der Waals surface area contributed by atoms with Crippen molar-refractivity contribution in [2.45, 2.75) is 30.7 Å². The molecule has 4 atom stereocenters. The summed E-state index contributed by atoms with van der Waals surface area (Å²) in [5.74, 6) is 0.662. The highest BCUT2D eigenvalue weighted by atomic mass is 16.5. The summed E-state index contributed by atoms with van der Waals surface area (Å²) in [7, 11) is 1.78.